The molecule has 0 fully saturated rings. The van der Waals surface area contributed by atoms with Gasteiger partial charge < -0.3 is 4.12 Å². The molecule has 0 N–H and O–H groups in total. The van der Waals surface area contributed by atoms with Crippen molar-refractivity contribution in [3.05, 3.63) is 0 Å². The van der Waals surface area contributed by atoms with Gasteiger partial charge in [-0.1, -0.05) is 109 Å². The average Bonchev–Trinajstić information content (AvgIpc) is 2.62. The first kappa shape index (κ1) is 27.4. The lowest BCUT2D eigenvalue weighted by atomic mass is 10.3. The van der Waals surface area contributed by atoms with Crippen molar-refractivity contribution >= 4 is 16.6 Å². The third kappa shape index (κ3) is 6.71. The summed E-state index contributed by atoms with van der Waals surface area (Å²) >= 11 is 0. The van der Waals surface area contributed by atoms with Gasteiger partial charge >= 0.3 is 0 Å². The van der Waals surface area contributed by atoms with E-state index in [1.807, 2.05) is 0 Å². The van der Waals surface area contributed by atoms with E-state index in [0.717, 1.165) is 34.0 Å². The van der Waals surface area contributed by atoms with Crippen molar-refractivity contribution in [1.82, 2.24) is 0 Å². The van der Waals surface area contributed by atoms with Crippen LogP contribution in [0.2, 0.25) is 34.3 Å². The zero-order valence-electron chi connectivity index (χ0n) is 21.1. The highest BCUT2D eigenvalue weighted by Gasteiger charge is 2.54. The fourth-order valence-corrected chi connectivity index (χ4v) is 20.9. The van der Waals surface area contributed by atoms with Gasteiger partial charge in [0.15, 0.2) is 16.6 Å². The fraction of sp³-hybridized carbons (Fsp3) is 1.00. The molecule has 0 saturated heterocycles. The first-order valence-corrected chi connectivity index (χ1v) is 16.7. The van der Waals surface area contributed by atoms with Gasteiger partial charge in [0.25, 0.3) is 0 Å². The van der Waals surface area contributed by atoms with Crippen molar-refractivity contribution in [3.63, 3.8) is 0 Å². The van der Waals surface area contributed by atoms with Crippen LogP contribution in [0.4, 0.5) is 0 Å². The van der Waals surface area contributed by atoms with Crippen molar-refractivity contribution in [2.24, 2.45) is 11.8 Å². The molecule has 164 valence electrons. The Morgan fingerprint density at radius 1 is 0.481 bits per heavy atom. The molecule has 0 aromatic carbocycles. The molecule has 0 aromatic rings. The summed E-state index contributed by atoms with van der Waals surface area (Å²) in [6, 6.07) is 2.69. The van der Waals surface area contributed by atoms with Gasteiger partial charge in [0.2, 0.25) is 0 Å². The predicted octanol–water partition coefficient (Wildman–Crippen LogP) is 9.41. The molecule has 0 spiro atoms. The van der Waals surface area contributed by atoms with Crippen LogP contribution in [0, 0.1) is 11.8 Å². The minimum atomic E-state index is -1.86. The van der Waals surface area contributed by atoms with E-state index in [1.165, 1.54) is 37.8 Å². The second-order valence-electron chi connectivity index (χ2n) is 10.4. The molecular weight excluding hydrogens is 360 g/mol. The van der Waals surface area contributed by atoms with Crippen LogP contribution < -0.4 is 0 Å². The molecule has 0 heterocycles. The summed E-state index contributed by atoms with van der Waals surface area (Å²) in [5.41, 5.74) is 3.01. The van der Waals surface area contributed by atoms with E-state index < -0.39 is 16.6 Å². The Kier molecular flexibility index (Phi) is 12.3. The van der Waals surface area contributed by atoms with Gasteiger partial charge in [0, 0.05) is 0 Å². The molecule has 0 aliphatic carbocycles. The smallest absolute Gasteiger partial charge is 0.185 e. The minimum Gasteiger partial charge on any atom is -0.454 e. The van der Waals surface area contributed by atoms with Crippen LogP contribution in [-0.4, -0.2) is 16.6 Å². The fourth-order valence-electron chi connectivity index (χ4n) is 5.27. The van der Waals surface area contributed by atoms with Gasteiger partial charge in [-0.2, -0.15) is 0 Å². The average molecular weight is 415 g/mol. The lowest BCUT2D eigenvalue weighted by molar-refractivity contribution is 0.406. The molecular formula is C24H54OSi2. The van der Waals surface area contributed by atoms with E-state index >= 15 is 0 Å². The van der Waals surface area contributed by atoms with Gasteiger partial charge in [-0.3, -0.25) is 0 Å². The lowest BCUT2D eigenvalue weighted by Crippen LogP contribution is -2.60. The standard InChI is InChI=1S/C24H54OSi2/c1-13-21(9)26(17-19(5)6,22(10)14-2)25-27(18-20(7)8,23(11)15-3)24(12)16-4/h19-24H,13-18H2,1-12H3. The van der Waals surface area contributed by atoms with Crippen LogP contribution in [-0.2, 0) is 4.12 Å². The molecule has 0 saturated carbocycles. The first-order chi connectivity index (χ1) is 12.5. The summed E-state index contributed by atoms with van der Waals surface area (Å²) in [5.74, 6) is 1.47. The van der Waals surface area contributed by atoms with Gasteiger partial charge in [-0.15, -0.1) is 0 Å². The van der Waals surface area contributed by atoms with E-state index in [1.54, 1.807) is 0 Å². The Morgan fingerprint density at radius 3 is 0.852 bits per heavy atom. The SMILES string of the molecule is CCC(C)[Si](CC(C)C)(O[Si](CC(C)C)(C(C)CC)C(C)CC)C(C)CC. The molecule has 4 atom stereocenters. The van der Waals surface area contributed by atoms with Crippen LogP contribution in [0.1, 0.15) is 109 Å². The minimum absolute atomic E-state index is 0.735. The van der Waals surface area contributed by atoms with E-state index in [4.69, 9.17) is 4.12 Å². The zero-order valence-corrected chi connectivity index (χ0v) is 23.1. The second-order valence-corrected chi connectivity index (χ2v) is 19.8. The monoisotopic (exact) mass is 414 g/mol. The largest absolute Gasteiger partial charge is 0.454 e. The van der Waals surface area contributed by atoms with Crippen LogP contribution in [0.25, 0.3) is 0 Å². The molecule has 1 nitrogen and oxygen atoms in total. The third-order valence-electron chi connectivity index (χ3n) is 7.62. The highest BCUT2D eigenvalue weighted by molar-refractivity contribution is 6.89. The zero-order chi connectivity index (χ0) is 21.4. The molecule has 0 rings (SSSR count). The number of hydrogen-bond donors (Lipinski definition) is 0. The molecule has 0 aliphatic heterocycles. The first-order valence-electron chi connectivity index (χ1n) is 12.2. The predicted molar refractivity (Wildman–Crippen MR) is 131 cm³/mol. The highest BCUT2D eigenvalue weighted by Crippen LogP contribution is 2.51. The van der Waals surface area contributed by atoms with Crippen LogP contribution in [0.5, 0.6) is 0 Å². The summed E-state index contributed by atoms with van der Waals surface area (Å²) in [4.78, 5) is 0. The van der Waals surface area contributed by atoms with Crippen molar-refractivity contribution in [3.8, 4) is 0 Å². The lowest BCUT2D eigenvalue weighted by Gasteiger charge is -2.53. The van der Waals surface area contributed by atoms with E-state index in [9.17, 15) is 0 Å². The molecule has 0 aromatic heterocycles. The summed E-state index contributed by atoms with van der Waals surface area (Å²) in [6.45, 7) is 29.4. The second kappa shape index (κ2) is 12.2. The van der Waals surface area contributed by atoms with Crippen molar-refractivity contribution in [2.45, 2.75) is 143 Å². The van der Waals surface area contributed by atoms with Crippen LogP contribution in [0.15, 0.2) is 0 Å². The van der Waals surface area contributed by atoms with Gasteiger partial charge in [0.05, 0.1) is 0 Å². The molecule has 27 heavy (non-hydrogen) atoms. The topological polar surface area (TPSA) is 9.23 Å². The summed E-state index contributed by atoms with van der Waals surface area (Å²) < 4.78 is 7.94. The maximum Gasteiger partial charge on any atom is 0.185 e. The quantitative estimate of drug-likeness (QED) is 0.257. The molecule has 4 unspecified atom stereocenters. The molecule has 0 bridgehead atoms. The summed E-state index contributed by atoms with van der Waals surface area (Å²) in [6.07, 6.45) is 5.10. The van der Waals surface area contributed by atoms with E-state index in [-0.39, 0.29) is 0 Å². The van der Waals surface area contributed by atoms with E-state index in [2.05, 4.69) is 83.1 Å². The van der Waals surface area contributed by atoms with Crippen LogP contribution in [0.3, 0.4) is 0 Å². The summed E-state index contributed by atoms with van der Waals surface area (Å²) in [5, 5.41) is 0. The van der Waals surface area contributed by atoms with Crippen molar-refractivity contribution < 1.29 is 4.12 Å². The Balaban J connectivity index is 6.52. The van der Waals surface area contributed by atoms with Crippen molar-refractivity contribution in [1.29, 1.82) is 0 Å². The number of hydrogen-bond acceptors (Lipinski definition) is 1. The summed E-state index contributed by atoms with van der Waals surface area (Å²) in [7, 11) is -3.73. The van der Waals surface area contributed by atoms with Crippen molar-refractivity contribution in [2.75, 3.05) is 0 Å². The molecule has 3 heteroatoms. The van der Waals surface area contributed by atoms with E-state index in [0.29, 0.717) is 0 Å². The molecule has 0 radical (unpaired) electrons. The van der Waals surface area contributed by atoms with Gasteiger partial charge in [0.1, 0.15) is 0 Å². The van der Waals surface area contributed by atoms with Gasteiger partial charge in [-0.25, -0.2) is 0 Å². The number of rotatable bonds is 14. The maximum atomic E-state index is 7.94. The maximum absolute atomic E-state index is 7.94. The molecule has 0 amide bonds. The Hall–Kier alpha value is 0.394. The molecule has 0 aliphatic rings. The third-order valence-corrected chi connectivity index (χ3v) is 21.9. The Morgan fingerprint density at radius 2 is 0.704 bits per heavy atom. The highest BCUT2D eigenvalue weighted by atomic mass is 28.4. The Bertz CT molecular complexity index is 338. The van der Waals surface area contributed by atoms with Crippen LogP contribution >= 0.6 is 0 Å². The Labute approximate surface area is 175 Å². The van der Waals surface area contributed by atoms with Gasteiger partial charge in [-0.05, 0) is 46.1 Å². The normalized spacial score (nSPS) is 21.6.